The van der Waals surface area contributed by atoms with Crippen molar-refractivity contribution >= 4 is 13.7 Å². The van der Waals surface area contributed by atoms with Crippen LogP contribution in [0.3, 0.4) is 0 Å². The third-order valence-corrected chi connectivity index (χ3v) is 2.01. The number of carbonyl (C=O) groups is 1. The number of rotatable bonds is 6. The van der Waals surface area contributed by atoms with Gasteiger partial charge in [0.05, 0.1) is 6.61 Å². The van der Waals surface area contributed by atoms with Crippen LogP contribution >= 0.6 is 7.82 Å². The number of nitrogens with two attached hydrogens (primary N) is 2. The van der Waals surface area contributed by atoms with E-state index in [1.54, 1.807) is 0 Å². The molecule has 0 aliphatic heterocycles. The summed E-state index contributed by atoms with van der Waals surface area (Å²) in [5.41, 5.74) is 1.51. The first kappa shape index (κ1) is 19.7. The Morgan fingerprint density at radius 2 is 1.89 bits per heavy atom. The molecule has 0 bridgehead atoms. The minimum atomic E-state index is -5.05. The highest BCUT2D eigenvalue weighted by Crippen LogP contribution is 2.30. The van der Waals surface area contributed by atoms with Gasteiger partial charge in [-0.05, 0) is 0 Å². The number of amides is 1. The van der Waals surface area contributed by atoms with Crippen LogP contribution in [0.1, 0.15) is 0 Å². The van der Waals surface area contributed by atoms with Crippen LogP contribution < -0.4 is 27.8 Å². The molecule has 0 rings (SSSR count). The molecule has 0 saturated heterocycles. The lowest BCUT2D eigenvalue weighted by atomic mass is 10.1. The maximum absolute atomic E-state index is 10.7. The molecule has 18 heavy (non-hydrogen) atoms. The van der Waals surface area contributed by atoms with Crippen LogP contribution in [0.15, 0.2) is 0 Å². The summed E-state index contributed by atoms with van der Waals surface area (Å²) in [5.74, 6) is 10.5. The summed E-state index contributed by atoms with van der Waals surface area (Å²) in [7, 11) is -5.05. The first-order valence-corrected chi connectivity index (χ1v) is 5.82. The minimum Gasteiger partial charge on any atom is -0.756 e. The van der Waals surface area contributed by atoms with Gasteiger partial charge < -0.3 is 29.6 Å². The standard InChI is InChI=1S/C5H13N2O8P.H4N2/c6-7-5(11)4(10)3(9)2(8)1-15-16(12,13)14;1-2/h2-4,8-10H,1,6H2,(H,7,11)(H2,12,13,14);1-2H2/t2-,3-,4+;/m1./s1. The molecule has 12 N–H and O–H groups in total. The van der Waals surface area contributed by atoms with Gasteiger partial charge in [-0.3, -0.25) is 20.6 Å². The van der Waals surface area contributed by atoms with Crippen LogP contribution in [0.25, 0.3) is 0 Å². The summed E-state index contributed by atoms with van der Waals surface area (Å²) in [6.07, 6.45) is -5.98. The predicted molar refractivity (Wildman–Crippen MR) is 53.2 cm³/mol. The van der Waals surface area contributed by atoms with Crippen molar-refractivity contribution in [1.29, 1.82) is 0 Å². The molecular weight excluding hydrogens is 275 g/mol. The van der Waals surface area contributed by atoms with Crippen molar-refractivity contribution in [3.05, 3.63) is 0 Å². The SMILES string of the molecule is NNC(=O)[C@@H](O)[C@H](O)[C@H](O)COP(=O)([O-])O.N[NH3+]. The number of hydrogen-bond acceptors (Lipinski definition) is 9. The lowest BCUT2D eigenvalue weighted by Crippen LogP contribution is -2.59. The van der Waals surface area contributed by atoms with Gasteiger partial charge in [-0.1, -0.05) is 0 Å². The van der Waals surface area contributed by atoms with Gasteiger partial charge in [-0.25, -0.2) is 5.84 Å². The highest BCUT2D eigenvalue weighted by Gasteiger charge is 2.30. The molecule has 0 heterocycles. The Morgan fingerprint density at radius 3 is 2.22 bits per heavy atom. The van der Waals surface area contributed by atoms with Crippen LogP contribution in [0.5, 0.6) is 0 Å². The molecule has 4 atom stereocenters. The Bertz CT molecular complexity index is 285. The lowest BCUT2D eigenvalue weighted by Gasteiger charge is -2.23. The predicted octanol–water partition coefficient (Wildman–Crippen LogP) is -6.36. The summed E-state index contributed by atoms with van der Waals surface area (Å²) < 4.78 is 13.9. The number of quaternary nitrogens is 1. The van der Waals surface area contributed by atoms with Crippen LogP contribution in [-0.2, 0) is 13.9 Å². The van der Waals surface area contributed by atoms with Gasteiger partial charge in [0.1, 0.15) is 12.2 Å². The molecule has 0 aliphatic rings. The number of nitrogens with one attached hydrogen (secondary N) is 1. The summed E-state index contributed by atoms with van der Waals surface area (Å²) in [4.78, 5) is 29.0. The van der Waals surface area contributed by atoms with Gasteiger partial charge in [0.25, 0.3) is 13.7 Å². The van der Waals surface area contributed by atoms with E-state index in [9.17, 15) is 14.3 Å². The smallest absolute Gasteiger partial charge is 0.265 e. The van der Waals surface area contributed by atoms with Gasteiger partial charge in [-0.15, -0.1) is 0 Å². The molecular formula is C5H17N4O8P. The van der Waals surface area contributed by atoms with Crippen molar-refractivity contribution in [2.45, 2.75) is 18.3 Å². The number of aliphatic hydroxyl groups excluding tert-OH is 3. The molecule has 0 fully saturated rings. The molecule has 1 amide bonds. The molecule has 0 radical (unpaired) electrons. The van der Waals surface area contributed by atoms with Crippen LogP contribution in [0.2, 0.25) is 0 Å². The normalized spacial score (nSPS) is 18.7. The average Bonchev–Trinajstić information content (AvgIpc) is 2.34. The zero-order valence-electron chi connectivity index (χ0n) is 9.17. The van der Waals surface area contributed by atoms with E-state index in [2.05, 4.69) is 22.1 Å². The topological polar surface area (TPSA) is 239 Å². The molecule has 13 heteroatoms. The molecule has 1 unspecified atom stereocenters. The summed E-state index contributed by atoms with van der Waals surface area (Å²) in [5, 5.41) is 27.2. The van der Waals surface area contributed by atoms with Gasteiger partial charge in [0.2, 0.25) is 0 Å². The molecule has 0 aromatic rings. The Morgan fingerprint density at radius 1 is 1.44 bits per heavy atom. The van der Waals surface area contributed by atoms with Crippen molar-refractivity contribution in [3.63, 3.8) is 0 Å². The Kier molecular flexibility index (Phi) is 10.2. The Balaban J connectivity index is 0. The third kappa shape index (κ3) is 8.43. The molecule has 12 nitrogen and oxygen atoms in total. The van der Waals surface area contributed by atoms with Crippen molar-refractivity contribution in [1.82, 2.24) is 5.43 Å². The fourth-order valence-corrected chi connectivity index (χ4v) is 1.06. The monoisotopic (exact) mass is 292 g/mol. The number of hydrazine groups is 1. The summed E-state index contributed by atoms with van der Waals surface area (Å²) >= 11 is 0. The van der Waals surface area contributed by atoms with Gasteiger partial charge in [-0.2, -0.15) is 5.84 Å². The summed E-state index contributed by atoms with van der Waals surface area (Å²) in [6.45, 7) is -1.02. The number of phosphoric acid groups is 1. The van der Waals surface area contributed by atoms with Crippen molar-refractivity contribution in [3.8, 4) is 0 Å². The maximum atomic E-state index is 10.7. The van der Waals surface area contributed by atoms with Crippen molar-refractivity contribution < 1.29 is 44.8 Å². The zero-order chi connectivity index (χ0) is 14.9. The molecule has 0 spiro atoms. The number of phosphoric ester groups is 1. The van der Waals surface area contributed by atoms with Crippen LogP contribution in [0.4, 0.5) is 0 Å². The highest BCUT2D eigenvalue weighted by molar-refractivity contribution is 7.44. The van der Waals surface area contributed by atoms with Gasteiger partial charge in [0.15, 0.2) is 6.10 Å². The minimum absolute atomic E-state index is 1.02. The highest BCUT2D eigenvalue weighted by atomic mass is 31.2. The van der Waals surface area contributed by atoms with Crippen molar-refractivity contribution in [2.75, 3.05) is 6.61 Å². The molecule has 0 aromatic heterocycles. The lowest BCUT2D eigenvalue weighted by molar-refractivity contribution is -0.379. The van der Waals surface area contributed by atoms with Crippen LogP contribution in [-0.4, -0.2) is 51.0 Å². The number of hydrogen-bond donors (Lipinski definition) is 8. The first-order chi connectivity index (χ1) is 8.19. The number of carbonyl (C=O) groups excluding carboxylic acids is 1. The maximum Gasteiger partial charge on any atom is 0.265 e. The second-order valence-electron chi connectivity index (χ2n) is 2.78. The Hall–Kier alpha value is -0.660. The fourth-order valence-electron chi connectivity index (χ4n) is 0.720. The molecule has 0 aliphatic carbocycles. The quantitative estimate of drug-likeness (QED) is 0.0995. The Labute approximate surface area is 102 Å². The third-order valence-electron chi connectivity index (χ3n) is 1.54. The molecule has 0 aromatic carbocycles. The fraction of sp³-hybridized carbons (Fsp3) is 0.800. The molecule has 110 valence electrons. The van der Waals surface area contributed by atoms with E-state index in [0.717, 1.165) is 0 Å². The van der Waals surface area contributed by atoms with E-state index >= 15 is 0 Å². The van der Waals surface area contributed by atoms with E-state index in [1.165, 1.54) is 5.43 Å². The largest absolute Gasteiger partial charge is 0.756 e. The van der Waals surface area contributed by atoms with E-state index in [0.29, 0.717) is 0 Å². The van der Waals surface area contributed by atoms with E-state index in [4.69, 9.17) is 20.2 Å². The second-order valence-corrected chi connectivity index (χ2v) is 3.97. The van der Waals surface area contributed by atoms with Gasteiger partial charge in [0, 0.05) is 0 Å². The van der Waals surface area contributed by atoms with Crippen LogP contribution in [0, 0.1) is 0 Å². The molecule has 0 saturated carbocycles. The van der Waals surface area contributed by atoms with E-state index in [-0.39, 0.29) is 0 Å². The van der Waals surface area contributed by atoms with E-state index < -0.39 is 38.6 Å². The number of aliphatic hydroxyl groups is 3. The average molecular weight is 292 g/mol. The van der Waals surface area contributed by atoms with Crippen molar-refractivity contribution in [2.24, 2.45) is 11.7 Å². The second kappa shape index (κ2) is 9.29. The zero-order valence-corrected chi connectivity index (χ0v) is 10.1. The van der Waals surface area contributed by atoms with Gasteiger partial charge >= 0.3 is 0 Å². The first-order valence-electron chi connectivity index (χ1n) is 4.33. The summed E-state index contributed by atoms with van der Waals surface area (Å²) in [6, 6.07) is 0. The van der Waals surface area contributed by atoms with E-state index in [1.807, 2.05) is 0 Å².